The second-order valence-corrected chi connectivity index (χ2v) is 5.13. The first-order chi connectivity index (χ1) is 8.67. The number of hydrogen-bond donors (Lipinski definition) is 0. The van der Waals surface area contributed by atoms with Crippen LogP contribution in [0.25, 0.3) is 0 Å². The Morgan fingerprint density at radius 3 is 2.67 bits per heavy atom. The molecule has 4 heteroatoms. The highest BCUT2D eigenvalue weighted by Gasteiger charge is 2.14. The van der Waals surface area contributed by atoms with E-state index in [1.165, 1.54) is 16.9 Å². The number of aryl methyl sites for hydroxylation is 2. The Hall–Kier alpha value is -1.68. The van der Waals surface area contributed by atoms with E-state index in [9.17, 15) is 4.79 Å². The average Bonchev–Trinajstić information content (AvgIpc) is 2.81. The number of para-hydroxylation sites is 1. The van der Waals surface area contributed by atoms with Crippen molar-refractivity contribution in [3.8, 4) is 0 Å². The van der Waals surface area contributed by atoms with Crippen LogP contribution in [0.1, 0.15) is 27.9 Å². The lowest BCUT2D eigenvalue weighted by molar-refractivity contribution is 0.112. The van der Waals surface area contributed by atoms with Crippen LogP contribution in [0, 0.1) is 6.92 Å². The Labute approximate surface area is 111 Å². The summed E-state index contributed by atoms with van der Waals surface area (Å²) < 4.78 is 0. The SMILES string of the molecule is CCc1nc(N(C)c2ccccc2C)sc1C=O. The minimum absolute atomic E-state index is 0.730. The first kappa shape index (κ1) is 12.8. The van der Waals surface area contributed by atoms with E-state index < -0.39 is 0 Å². The van der Waals surface area contributed by atoms with E-state index >= 15 is 0 Å². The number of benzene rings is 1. The van der Waals surface area contributed by atoms with Crippen LogP contribution < -0.4 is 4.90 Å². The molecule has 0 saturated carbocycles. The second kappa shape index (κ2) is 5.31. The van der Waals surface area contributed by atoms with Crippen LogP contribution in [0.15, 0.2) is 24.3 Å². The van der Waals surface area contributed by atoms with Crippen LogP contribution in [-0.2, 0) is 6.42 Å². The third-order valence-corrected chi connectivity index (χ3v) is 4.02. The molecule has 0 radical (unpaired) electrons. The summed E-state index contributed by atoms with van der Waals surface area (Å²) >= 11 is 1.44. The fourth-order valence-corrected chi connectivity index (χ4v) is 2.83. The number of carbonyl (C=O) groups is 1. The van der Waals surface area contributed by atoms with E-state index in [-0.39, 0.29) is 0 Å². The fraction of sp³-hybridized carbons (Fsp3) is 0.286. The highest BCUT2D eigenvalue weighted by Crippen LogP contribution is 2.31. The van der Waals surface area contributed by atoms with Gasteiger partial charge in [-0.15, -0.1) is 0 Å². The molecule has 0 aliphatic rings. The Bertz CT molecular complexity index is 563. The molecular formula is C14H16N2OS. The maximum atomic E-state index is 11.0. The van der Waals surface area contributed by atoms with Crippen molar-refractivity contribution in [2.24, 2.45) is 0 Å². The smallest absolute Gasteiger partial charge is 0.190 e. The standard InChI is InChI=1S/C14H16N2OS/c1-4-11-13(9-17)18-14(15-11)16(3)12-8-6-5-7-10(12)2/h5-9H,4H2,1-3H3. The second-order valence-electron chi connectivity index (χ2n) is 4.12. The molecule has 94 valence electrons. The van der Waals surface area contributed by atoms with Crippen molar-refractivity contribution in [2.45, 2.75) is 20.3 Å². The van der Waals surface area contributed by atoms with Crippen LogP contribution in [0.2, 0.25) is 0 Å². The first-order valence-electron chi connectivity index (χ1n) is 5.91. The lowest BCUT2D eigenvalue weighted by Gasteiger charge is -2.18. The molecule has 0 fully saturated rings. The molecule has 0 spiro atoms. The molecule has 3 nitrogen and oxygen atoms in total. The van der Waals surface area contributed by atoms with Gasteiger partial charge in [-0.05, 0) is 25.0 Å². The number of carbonyl (C=O) groups excluding carboxylic acids is 1. The van der Waals surface area contributed by atoms with Gasteiger partial charge in [0, 0.05) is 12.7 Å². The molecule has 0 unspecified atom stereocenters. The van der Waals surface area contributed by atoms with E-state index in [2.05, 4.69) is 24.0 Å². The van der Waals surface area contributed by atoms with Gasteiger partial charge in [-0.3, -0.25) is 4.79 Å². The minimum Gasteiger partial charge on any atom is -0.321 e. The molecule has 18 heavy (non-hydrogen) atoms. The van der Waals surface area contributed by atoms with Crippen molar-refractivity contribution in [3.05, 3.63) is 40.4 Å². The van der Waals surface area contributed by atoms with Crippen molar-refractivity contribution in [3.63, 3.8) is 0 Å². The number of thiazole rings is 1. The largest absolute Gasteiger partial charge is 0.321 e. The van der Waals surface area contributed by atoms with E-state index in [1.54, 1.807) is 0 Å². The average molecular weight is 260 g/mol. The zero-order valence-electron chi connectivity index (χ0n) is 10.8. The molecule has 0 aliphatic heterocycles. The van der Waals surface area contributed by atoms with Gasteiger partial charge in [0.2, 0.25) is 0 Å². The molecule has 0 saturated heterocycles. The third-order valence-electron chi connectivity index (χ3n) is 2.92. The zero-order chi connectivity index (χ0) is 13.1. The molecule has 0 bridgehead atoms. The lowest BCUT2D eigenvalue weighted by Crippen LogP contribution is -2.10. The summed E-state index contributed by atoms with van der Waals surface area (Å²) in [5.41, 5.74) is 3.19. The van der Waals surface area contributed by atoms with Gasteiger partial charge >= 0.3 is 0 Å². The van der Waals surface area contributed by atoms with E-state index in [0.717, 1.165) is 34.1 Å². The summed E-state index contributed by atoms with van der Waals surface area (Å²) in [5.74, 6) is 0. The number of aldehydes is 1. The highest BCUT2D eigenvalue weighted by atomic mass is 32.1. The van der Waals surface area contributed by atoms with Gasteiger partial charge in [0.1, 0.15) is 0 Å². The Balaban J connectivity index is 2.40. The summed E-state index contributed by atoms with van der Waals surface area (Å²) in [4.78, 5) is 18.3. The molecule has 1 heterocycles. The summed E-state index contributed by atoms with van der Waals surface area (Å²) in [6.45, 7) is 4.08. The normalized spacial score (nSPS) is 10.4. The van der Waals surface area contributed by atoms with Crippen LogP contribution in [0.4, 0.5) is 10.8 Å². The summed E-state index contributed by atoms with van der Waals surface area (Å²) in [7, 11) is 1.98. The number of rotatable bonds is 4. The van der Waals surface area contributed by atoms with Gasteiger partial charge in [0.15, 0.2) is 11.4 Å². The van der Waals surface area contributed by atoms with E-state index in [1.807, 2.05) is 31.0 Å². The molecule has 2 aromatic rings. The minimum atomic E-state index is 0.730. The number of aromatic nitrogens is 1. The van der Waals surface area contributed by atoms with E-state index in [0.29, 0.717) is 0 Å². The van der Waals surface area contributed by atoms with Crippen molar-refractivity contribution in [1.29, 1.82) is 0 Å². The van der Waals surface area contributed by atoms with Crippen LogP contribution in [0.5, 0.6) is 0 Å². The third kappa shape index (κ3) is 2.29. The Morgan fingerprint density at radius 1 is 1.39 bits per heavy atom. The fourth-order valence-electron chi connectivity index (χ4n) is 1.88. The monoisotopic (exact) mass is 260 g/mol. The summed E-state index contributed by atoms with van der Waals surface area (Å²) in [5, 5.41) is 0.864. The first-order valence-corrected chi connectivity index (χ1v) is 6.73. The maximum absolute atomic E-state index is 11.0. The molecule has 1 aromatic carbocycles. The highest BCUT2D eigenvalue weighted by molar-refractivity contribution is 7.17. The van der Waals surface area contributed by atoms with Crippen molar-refractivity contribution < 1.29 is 4.79 Å². The molecular weight excluding hydrogens is 244 g/mol. The number of hydrogen-bond acceptors (Lipinski definition) is 4. The van der Waals surface area contributed by atoms with Gasteiger partial charge < -0.3 is 4.90 Å². The number of nitrogens with zero attached hydrogens (tertiary/aromatic N) is 2. The predicted molar refractivity (Wildman–Crippen MR) is 76.1 cm³/mol. The summed E-state index contributed by atoms with van der Waals surface area (Å²) in [6, 6.07) is 8.15. The van der Waals surface area contributed by atoms with Crippen LogP contribution >= 0.6 is 11.3 Å². The molecule has 0 atom stereocenters. The predicted octanol–water partition coefficient (Wildman–Crippen LogP) is 3.59. The summed E-state index contributed by atoms with van der Waals surface area (Å²) in [6.07, 6.45) is 1.68. The molecule has 0 amide bonds. The Morgan fingerprint density at radius 2 is 2.11 bits per heavy atom. The van der Waals surface area contributed by atoms with Crippen molar-refractivity contribution in [2.75, 3.05) is 11.9 Å². The quantitative estimate of drug-likeness (QED) is 0.788. The molecule has 2 rings (SSSR count). The van der Waals surface area contributed by atoms with Crippen molar-refractivity contribution >= 4 is 28.4 Å². The van der Waals surface area contributed by atoms with Gasteiger partial charge in [-0.1, -0.05) is 36.5 Å². The van der Waals surface area contributed by atoms with E-state index in [4.69, 9.17) is 0 Å². The molecule has 0 aliphatic carbocycles. The molecule has 1 aromatic heterocycles. The maximum Gasteiger partial charge on any atom is 0.190 e. The van der Waals surface area contributed by atoms with Gasteiger partial charge in [-0.25, -0.2) is 4.98 Å². The van der Waals surface area contributed by atoms with Gasteiger partial charge in [-0.2, -0.15) is 0 Å². The van der Waals surface area contributed by atoms with Crippen LogP contribution in [-0.4, -0.2) is 18.3 Å². The van der Waals surface area contributed by atoms with Gasteiger partial charge in [0.25, 0.3) is 0 Å². The van der Waals surface area contributed by atoms with Crippen LogP contribution in [0.3, 0.4) is 0 Å². The Kier molecular flexibility index (Phi) is 3.77. The molecule has 0 N–H and O–H groups in total. The topological polar surface area (TPSA) is 33.2 Å². The number of anilines is 2. The van der Waals surface area contributed by atoms with Gasteiger partial charge in [0.05, 0.1) is 10.6 Å². The zero-order valence-corrected chi connectivity index (χ0v) is 11.6. The van der Waals surface area contributed by atoms with Crippen molar-refractivity contribution in [1.82, 2.24) is 4.98 Å². The lowest BCUT2D eigenvalue weighted by atomic mass is 10.2.